The lowest BCUT2D eigenvalue weighted by atomic mass is 10.0. The van der Waals surface area contributed by atoms with E-state index < -0.39 is 23.4 Å². The lowest BCUT2D eigenvalue weighted by molar-refractivity contribution is 0.0693. The summed E-state index contributed by atoms with van der Waals surface area (Å²) in [5.41, 5.74) is -0.146. The number of amides is 2. The number of hydrogen-bond donors (Lipinski definition) is 1. The van der Waals surface area contributed by atoms with Gasteiger partial charge in [-0.1, -0.05) is 29.8 Å². The number of rotatable bonds is 3. The number of piperidine rings is 1. The van der Waals surface area contributed by atoms with Crippen LogP contribution in [0.4, 0.5) is 8.78 Å². The smallest absolute Gasteiger partial charge is 0.258 e. The molecular formula is C19H17ClF2N2O2. The van der Waals surface area contributed by atoms with E-state index in [2.05, 4.69) is 5.32 Å². The van der Waals surface area contributed by atoms with E-state index in [0.717, 1.165) is 0 Å². The van der Waals surface area contributed by atoms with Gasteiger partial charge in [0, 0.05) is 19.1 Å². The van der Waals surface area contributed by atoms with Crippen LogP contribution in [-0.4, -0.2) is 35.8 Å². The first-order chi connectivity index (χ1) is 12.5. The Bertz CT molecular complexity index is 816. The van der Waals surface area contributed by atoms with Gasteiger partial charge in [-0.25, -0.2) is 8.78 Å². The summed E-state index contributed by atoms with van der Waals surface area (Å²) in [5, 5.41) is 2.86. The van der Waals surface area contributed by atoms with Gasteiger partial charge in [-0.05, 0) is 37.1 Å². The molecule has 0 aromatic heterocycles. The maximum atomic E-state index is 13.9. The predicted octanol–water partition coefficient (Wildman–Crippen LogP) is 3.65. The second-order valence-corrected chi connectivity index (χ2v) is 6.52. The van der Waals surface area contributed by atoms with Crippen molar-refractivity contribution in [2.75, 3.05) is 13.1 Å². The summed E-state index contributed by atoms with van der Waals surface area (Å²) in [5.74, 6) is -2.18. The normalized spacial score (nSPS) is 15.0. The first kappa shape index (κ1) is 18.3. The van der Waals surface area contributed by atoms with Crippen molar-refractivity contribution in [3.8, 4) is 0 Å². The van der Waals surface area contributed by atoms with Gasteiger partial charge in [-0.3, -0.25) is 9.59 Å². The van der Waals surface area contributed by atoms with E-state index in [4.69, 9.17) is 11.6 Å². The number of nitrogens with zero attached hydrogens (tertiary/aromatic N) is 1. The van der Waals surface area contributed by atoms with E-state index in [1.165, 1.54) is 41.3 Å². The SMILES string of the molecule is O=C(NC1CCN(C(=O)c2c(F)cccc2Cl)CC1)c1ccccc1F. The second-order valence-electron chi connectivity index (χ2n) is 6.12. The van der Waals surface area contributed by atoms with Gasteiger partial charge in [0.05, 0.1) is 16.1 Å². The molecule has 0 aliphatic carbocycles. The number of benzene rings is 2. The van der Waals surface area contributed by atoms with E-state index in [1.54, 1.807) is 6.07 Å². The van der Waals surface area contributed by atoms with Gasteiger partial charge in [0.15, 0.2) is 0 Å². The van der Waals surface area contributed by atoms with Crippen molar-refractivity contribution < 1.29 is 18.4 Å². The van der Waals surface area contributed by atoms with Gasteiger partial charge in [-0.15, -0.1) is 0 Å². The predicted molar refractivity (Wildman–Crippen MR) is 94.2 cm³/mol. The van der Waals surface area contributed by atoms with Gasteiger partial charge in [0.1, 0.15) is 11.6 Å². The minimum absolute atomic E-state index is 0.0101. The van der Waals surface area contributed by atoms with Crippen LogP contribution in [0.15, 0.2) is 42.5 Å². The molecule has 0 saturated carbocycles. The molecule has 1 N–H and O–H groups in total. The number of nitrogens with one attached hydrogen (secondary N) is 1. The lowest BCUT2D eigenvalue weighted by Crippen LogP contribution is -2.46. The Morgan fingerprint density at radius 1 is 1.00 bits per heavy atom. The fraction of sp³-hybridized carbons (Fsp3) is 0.263. The first-order valence-electron chi connectivity index (χ1n) is 8.26. The Morgan fingerprint density at radius 2 is 1.65 bits per heavy atom. The third kappa shape index (κ3) is 3.85. The van der Waals surface area contributed by atoms with Gasteiger partial charge in [-0.2, -0.15) is 0 Å². The van der Waals surface area contributed by atoms with Gasteiger partial charge in [0.25, 0.3) is 11.8 Å². The van der Waals surface area contributed by atoms with E-state index in [0.29, 0.717) is 25.9 Å². The highest BCUT2D eigenvalue weighted by molar-refractivity contribution is 6.33. The summed E-state index contributed by atoms with van der Waals surface area (Å²) in [6.45, 7) is 0.706. The molecule has 1 aliphatic rings. The van der Waals surface area contributed by atoms with Crippen molar-refractivity contribution in [3.63, 3.8) is 0 Å². The molecule has 0 unspecified atom stereocenters. The van der Waals surface area contributed by atoms with Crippen molar-refractivity contribution >= 4 is 23.4 Å². The van der Waals surface area contributed by atoms with Crippen LogP contribution in [0.25, 0.3) is 0 Å². The Kier molecular flexibility index (Phi) is 5.52. The van der Waals surface area contributed by atoms with E-state index in [-0.39, 0.29) is 22.2 Å². The van der Waals surface area contributed by atoms with Crippen molar-refractivity contribution in [1.82, 2.24) is 10.2 Å². The molecule has 1 fully saturated rings. The highest BCUT2D eigenvalue weighted by Gasteiger charge is 2.28. The Hall–Kier alpha value is -2.47. The molecule has 0 atom stereocenters. The standard InChI is InChI=1S/C19H17ClF2N2O2/c20-14-5-3-7-16(22)17(14)19(26)24-10-8-12(9-11-24)23-18(25)13-4-1-2-6-15(13)21/h1-7,12H,8-11H2,(H,23,25). The summed E-state index contributed by atoms with van der Waals surface area (Å²) >= 11 is 5.94. The zero-order chi connectivity index (χ0) is 18.7. The number of halogens is 3. The highest BCUT2D eigenvalue weighted by Crippen LogP contribution is 2.23. The molecule has 136 valence electrons. The largest absolute Gasteiger partial charge is 0.349 e. The molecule has 0 spiro atoms. The van der Waals surface area contributed by atoms with Crippen molar-refractivity contribution in [3.05, 3.63) is 70.2 Å². The Morgan fingerprint density at radius 3 is 2.31 bits per heavy atom. The average molecular weight is 379 g/mol. The monoisotopic (exact) mass is 378 g/mol. The zero-order valence-electron chi connectivity index (χ0n) is 13.8. The maximum absolute atomic E-state index is 13.9. The quantitative estimate of drug-likeness (QED) is 0.886. The zero-order valence-corrected chi connectivity index (χ0v) is 14.6. The van der Waals surface area contributed by atoms with Crippen LogP contribution in [-0.2, 0) is 0 Å². The van der Waals surface area contributed by atoms with Crippen LogP contribution in [0.2, 0.25) is 5.02 Å². The van der Waals surface area contributed by atoms with Crippen LogP contribution >= 0.6 is 11.6 Å². The summed E-state index contributed by atoms with van der Waals surface area (Å²) in [6, 6.07) is 9.69. The number of hydrogen-bond acceptors (Lipinski definition) is 2. The van der Waals surface area contributed by atoms with E-state index in [9.17, 15) is 18.4 Å². The van der Waals surface area contributed by atoms with Crippen LogP contribution in [0.1, 0.15) is 33.6 Å². The van der Waals surface area contributed by atoms with Crippen molar-refractivity contribution in [2.45, 2.75) is 18.9 Å². The average Bonchev–Trinajstić information content (AvgIpc) is 2.62. The van der Waals surface area contributed by atoms with Gasteiger partial charge >= 0.3 is 0 Å². The Labute approximate surface area is 154 Å². The molecule has 7 heteroatoms. The molecule has 1 heterocycles. The number of carbonyl (C=O) groups is 2. The summed E-state index contributed by atoms with van der Waals surface area (Å²) in [7, 11) is 0. The maximum Gasteiger partial charge on any atom is 0.258 e. The molecule has 1 saturated heterocycles. The van der Waals surface area contributed by atoms with Crippen LogP contribution in [0, 0.1) is 11.6 Å². The second kappa shape index (κ2) is 7.83. The van der Waals surface area contributed by atoms with Crippen molar-refractivity contribution in [2.24, 2.45) is 0 Å². The van der Waals surface area contributed by atoms with Gasteiger partial charge < -0.3 is 10.2 Å². The molecule has 0 radical (unpaired) electrons. The van der Waals surface area contributed by atoms with E-state index >= 15 is 0 Å². The topological polar surface area (TPSA) is 49.4 Å². The molecule has 2 amide bonds. The minimum atomic E-state index is -0.655. The number of likely N-dealkylation sites (tertiary alicyclic amines) is 1. The highest BCUT2D eigenvalue weighted by atomic mass is 35.5. The molecule has 0 bridgehead atoms. The van der Waals surface area contributed by atoms with Crippen LogP contribution in [0.3, 0.4) is 0 Å². The van der Waals surface area contributed by atoms with Crippen LogP contribution < -0.4 is 5.32 Å². The third-order valence-corrected chi connectivity index (χ3v) is 4.73. The third-order valence-electron chi connectivity index (χ3n) is 4.41. The summed E-state index contributed by atoms with van der Waals surface area (Å²) in [6.07, 6.45) is 0.996. The molecule has 4 nitrogen and oxygen atoms in total. The van der Waals surface area contributed by atoms with Gasteiger partial charge in [0.2, 0.25) is 0 Å². The summed E-state index contributed by atoms with van der Waals surface area (Å²) < 4.78 is 27.6. The lowest BCUT2D eigenvalue weighted by Gasteiger charge is -2.32. The molecule has 3 rings (SSSR count). The van der Waals surface area contributed by atoms with Crippen molar-refractivity contribution in [1.29, 1.82) is 0 Å². The summed E-state index contributed by atoms with van der Waals surface area (Å²) in [4.78, 5) is 26.2. The molecule has 26 heavy (non-hydrogen) atoms. The molecule has 2 aromatic carbocycles. The van der Waals surface area contributed by atoms with Crippen LogP contribution in [0.5, 0.6) is 0 Å². The first-order valence-corrected chi connectivity index (χ1v) is 8.64. The minimum Gasteiger partial charge on any atom is -0.349 e. The number of carbonyl (C=O) groups excluding carboxylic acids is 2. The fourth-order valence-electron chi connectivity index (χ4n) is 3.00. The molecular weight excluding hydrogens is 362 g/mol. The fourth-order valence-corrected chi connectivity index (χ4v) is 3.24. The Balaban J connectivity index is 1.60. The molecule has 1 aliphatic heterocycles. The van der Waals surface area contributed by atoms with E-state index in [1.807, 2.05) is 0 Å². The molecule has 2 aromatic rings.